The molecule has 0 N–H and O–H groups in total. The average Bonchev–Trinajstić information content (AvgIpc) is 3.29. The molecule has 0 heterocycles. The lowest BCUT2D eigenvalue weighted by atomic mass is 10.0. The minimum atomic E-state index is -0.764. The van der Waals surface area contributed by atoms with Crippen molar-refractivity contribution >= 4 is 17.9 Å². The quantitative estimate of drug-likeness (QED) is 0.0343. The zero-order valence-electron chi connectivity index (χ0n) is 46.2. The first kappa shape index (κ1) is 65.4. The summed E-state index contributed by atoms with van der Waals surface area (Å²) >= 11 is 0. The summed E-state index contributed by atoms with van der Waals surface area (Å²) in [7, 11) is 0. The molecule has 0 bridgehead atoms. The first-order valence-corrected chi connectivity index (χ1v) is 30.1. The summed E-state index contributed by atoms with van der Waals surface area (Å²) in [5.74, 6) is 1.68. The van der Waals surface area contributed by atoms with Crippen molar-refractivity contribution in [3.05, 3.63) is 0 Å². The van der Waals surface area contributed by atoms with E-state index in [1.807, 2.05) is 0 Å². The van der Waals surface area contributed by atoms with Crippen LogP contribution in [0, 0.1) is 17.8 Å². The van der Waals surface area contributed by atoms with Gasteiger partial charge in [0.15, 0.2) is 6.10 Å². The van der Waals surface area contributed by atoms with Gasteiger partial charge in [0.05, 0.1) is 0 Å². The van der Waals surface area contributed by atoms with Gasteiger partial charge in [-0.15, -0.1) is 0 Å². The molecule has 0 saturated carbocycles. The maximum absolute atomic E-state index is 12.9. The number of hydrogen-bond donors (Lipinski definition) is 0. The van der Waals surface area contributed by atoms with Gasteiger partial charge in [0.25, 0.3) is 0 Å². The Hall–Kier alpha value is -1.59. The molecule has 0 radical (unpaired) electrons. The Bertz CT molecular complexity index is 1040. The van der Waals surface area contributed by atoms with Gasteiger partial charge in [-0.25, -0.2) is 0 Å². The topological polar surface area (TPSA) is 78.9 Å². The van der Waals surface area contributed by atoms with E-state index >= 15 is 0 Å². The molecule has 0 unspecified atom stereocenters. The fraction of sp³-hybridized carbons (Fsp3) is 0.951. The van der Waals surface area contributed by atoms with Crippen molar-refractivity contribution in [3.63, 3.8) is 0 Å². The summed E-state index contributed by atoms with van der Waals surface area (Å²) in [5.41, 5.74) is 0. The fourth-order valence-electron chi connectivity index (χ4n) is 9.35. The number of ether oxygens (including phenoxy) is 3. The summed E-state index contributed by atoms with van der Waals surface area (Å²) in [6.07, 6.45) is 55.2. The lowest BCUT2D eigenvalue weighted by Gasteiger charge is -2.18. The molecule has 0 rings (SSSR count). The molecule has 0 saturated heterocycles. The van der Waals surface area contributed by atoms with Crippen LogP contribution in [0.15, 0.2) is 0 Å². The summed E-state index contributed by atoms with van der Waals surface area (Å²) in [6.45, 7) is 13.8. The molecule has 0 aromatic carbocycles. The highest BCUT2D eigenvalue weighted by Crippen LogP contribution is 2.19. The monoisotopic (exact) mass is 947 g/mol. The van der Waals surface area contributed by atoms with Crippen molar-refractivity contribution in [2.45, 2.75) is 343 Å². The number of carbonyl (C=O) groups excluding carboxylic acids is 3. The van der Waals surface area contributed by atoms with Crippen LogP contribution in [-0.2, 0) is 28.6 Å². The van der Waals surface area contributed by atoms with Crippen molar-refractivity contribution in [1.82, 2.24) is 0 Å². The smallest absolute Gasteiger partial charge is 0.306 e. The van der Waals surface area contributed by atoms with E-state index in [0.29, 0.717) is 19.3 Å². The molecule has 67 heavy (non-hydrogen) atoms. The Kier molecular flexibility index (Phi) is 51.0. The van der Waals surface area contributed by atoms with E-state index < -0.39 is 6.10 Å². The zero-order valence-corrected chi connectivity index (χ0v) is 46.2. The fourth-order valence-corrected chi connectivity index (χ4v) is 9.35. The number of hydrogen-bond acceptors (Lipinski definition) is 6. The SMILES string of the molecule is CC(C)CCCCCCCCCCCCCCCCC(=O)OC[C@H](COC(=O)CCCCCCCCCCCCCCC(C)C)OC(=O)CCCCCCCCCCCCCCCCC(C)C. The molecular formula is C61H118O6. The van der Waals surface area contributed by atoms with Gasteiger partial charge in [-0.3, -0.25) is 14.4 Å². The van der Waals surface area contributed by atoms with Crippen molar-refractivity contribution in [3.8, 4) is 0 Å². The summed E-state index contributed by atoms with van der Waals surface area (Å²) in [6, 6.07) is 0. The van der Waals surface area contributed by atoms with Gasteiger partial charge in [-0.2, -0.15) is 0 Å². The molecule has 0 aliphatic carbocycles. The molecule has 0 amide bonds. The van der Waals surface area contributed by atoms with Crippen LogP contribution in [0.25, 0.3) is 0 Å². The molecular weight excluding hydrogens is 829 g/mol. The molecule has 0 aliphatic rings. The van der Waals surface area contributed by atoms with E-state index in [1.165, 1.54) is 218 Å². The normalized spacial score (nSPS) is 12.1. The zero-order chi connectivity index (χ0) is 49.1. The van der Waals surface area contributed by atoms with Crippen molar-refractivity contribution in [2.75, 3.05) is 13.2 Å². The van der Waals surface area contributed by atoms with Gasteiger partial charge >= 0.3 is 17.9 Å². The van der Waals surface area contributed by atoms with E-state index in [4.69, 9.17) is 14.2 Å². The molecule has 6 nitrogen and oxygen atoms in total. The van der Waals surface area contributed by atoms with Crippen LogP contribution in [0.4, 0.5) is 0 Å². The molecule has 398 valence electrons. The van der Waals surface area contributed by atoms with E-state index in [9.17, 15) is 14.4 Å². The summed E-state index contributed by atoms with van der Waals surface area (Å²) in [4.78, 5) is 38.2. The highest BCUT2D eigenvalue weighted by molar-refractivity contribution is 5.71. The van der Waals surface area contributed by atoms with Gasteiger partial charge in [0.1, 0.15) is 13.2 Å². The maximum Gasteiger partial charge on any atom is 0.306 e. The number of rotatable bonds is 54. The van der Waals surface area contributed by atoms with E-state index in [-0.39, 0.29) is 31.1 Å². The Morgan fingerprint density at radius 3 is 0.642 bits per heavy atom. The second-order valence-corrected chi connectivity index (χ2v) is 22.4. The van der Waals surface area contributed by atoms with Crippen LogP contribution in [0.2, 0.25) is 0 Å². The number of unbranched alkanes of at least 4 members (excludes halogenated alkanes) is 37. The second kappa shape index (κ2) is 52.2. The standard InChI is InChI=1S/C61H118O6/c1-55(2)47-41-35-29-23-17-11-7-9-13-20-26-32-38-44-50-59(62)65-53-58(54-66-60(63)51-45-39-33-27-21-16-15-19-25-31-37-43-49-57(5)6)67-61(64)52-46-40-34-28-22-14-10-8-12-18-24-30-36-42-48-56(3)4/h55-58H,7-54H2,1-6H3/t58-/m1/s1. The van der Waals surface area contributed by atoms with E-state index in [0.717, 1.165) is 75.5 Å². The second-order valence-electron chi connectivity index (χ2n) is 22.4. The molecule has 0 spiro atoms. The van der Waals surface area contributed by atoms with E-state index in [1.54, 1.807) is 0 Å². The van der Waals surface area contributed by atoms with Crippen molar-refractivity contribution in [1.29, 1.82) is 0 Å². The summed E-state index contributed by atoms with van der Waals surface area (Å²) in [5, 5.41) is 0. The van der Waals surface area contributed by atoms with Gasteiger partial charge in [0.2, 0.25) is 0 Å². The van der Waals surface area contributed by atoms with Crippen LogP contribution in [-0.4, -0.2) is 37.2 Å². The molecule has 1 atom stereocenters. The highest BCUT2D eigenvalue weighted by Gasteiger charge is 2.19. The predicted molar refractivity (Wildman–Crippen MR) is 289 cm³/mol. The Morgan fingerprint density at radius 1 is 0.254 bits per heavy atom. The van der Waals surface area contributed by atoms with Crippen molar-refractivity contribution in [2.24, 2.45) is 17.8 Å². The third kappa shape index (κ3) is 55.2. The third-order valence-electron chi connectivity index (χ3n) is 13.9. The van der Waals surface area contributed by atoms with Gasteiger partial charge in [-0.1, -0.05) is 298 Å². The van der Waals surface area contributed by atoms with Gasteiger partial charge < -0.3 is 14.2 Å². The number of carbonyl (C=O) groups is 3. The minimum Gasteiger partial charge on any atom is -0.462 e. The highest BCUT2D eigenvalue weighted by atomic mass is 16.6. The van der Waals surface area contributed by atoms with Crippen LogP contribution in [0.3, 0.4) is 0 Å². The first-order chi connectivity index (χ1) is 32.6. The summed E-state index contributed by atoms with van der Waals surface area (Å²) < 4.78 is 16.9. The van der Waals surface area contributed by atoms with Gasteiger partial charge in [0, 0.05) is 19.3 Å². The average molecular weight is 948 g/mol. The molecule has 0 aromatic rings. The largest absolute Gasteiger partial charge is 0.462 e. The number of esters is 3. The van der Waals surface area contributed by atoms with Crippen LogP contribution >= 0.6 is 0 Å². The molecule has 0 aliphatic heterocycles. The van der Waals surface area contributed by atoms with Crippen LogP contribution in [0.5, 0.6) is 0 Å². The Labute approximate surface area is 418 Å². The third-order valence-corrected chi connectivity index (χ3v) is 13.9. The van der Waals surface area contributed by atoms with Crippen molar-refractivity contribution < 1.29 is 28.6 Å². The molecule has 0 aromatic heterocycles. The maximum atomic E-state index is 12.9. The Balaban J connectivity index is 4.30. The molecule has 0 fully saturated rings. The first-order valence-electron chi connectivity index (χ1n) is 30.1. The van der Waals surface area contributed by atoms with E-state index in [2.05, 4.69) is 41.5 Å². The Morgan fingerprint density at radius 2 is 0.433 bits per heavy atom. The minimum absolute atomic E-state index is 0.0631. The molecule has 6 heteroatoms. The lowest BCUT2D eigenvalue weighted by Crippen LogP contribution is -2.30. The lowest BCUT2D eigenvalue weighted by molar-refractivity contribution is -0.167. The van der Waals surface area contributed by atoms with Crippen LogP contribution in [0.1, 0.15) is 337 Å². The van der Waals surface area contributed by atoms with Gasteiger partial charge in [-0.05, 0) is 37.0 Å². The predicted octanol–water partition coefficient (Wildman–Crippen LogP) is 19.9. The van der Waals surface area contributed by atoms with Crippen LogP contribution < -0.4 is 0 Å².